The molecule has 12 nitrogen and oxygen atoms in total. The predicted molar refractivity (Wildman–Crippen MR) is 266 cm³/mol. The molecule has 0 saturated carbocycles. The molecular weight excluding hydrogens is 809 g/mol. The van der Waals surface area contributed by atoms with Gasteiger partial charge in [-0.05, 0) is 120 Å². The normalized spacial score (nSPS) is 9.56. The summed E-state index contributed by atoms with van der Waals surface area (Å²) in [6, 6.07) is 5.46. The SMILES string of the molecule is C=Cc1c(C=C(C)C)[nH]c(C=C(C)C)c(C=C)c1=O.CC(C)=Cc1[nH]c(C=C(C)C)c(C=O)c(=O)c1C=O.CC(C)=Cc1cc(=O)cc(C=C(C)C)[nH]1.O=Cc1cc(=O)cc(C=O)[nH]1. The number of aldehydes is 4. The summed E-state index contributed by atoms with van der Waals surface area (Å²) in [6.07, 6.45) is 16.3. The van der Waals surface area contributed by atoms with Crippen LogP contribution < -0.4 is 21.7 Å². The molecule has 0 aliphatic carbocycles. The summed E-state index contributed by atoms with van der Waals surface area (Å²) < 4.78 is 0. The van der Waals surface area contributed by atoms with Crippen LogP contribution >= 0.6 is 0 Å². The van der Waals surface area contributed by atoms with E-state index < -0.39 is 5.43 Å². The van der Waals surface area contributed by atoms with E-state index in [9.17, 15) is 38.4 Å². The average Bonchev–Trinajstić information content (AvgIpc) is 3.17. The Hall–Kier alpha value is -7.60. The lowest BCUT2D eigenvalue weighted by atomic mass is 10.0. The molecule has 0 atom stereocenters. The van der Waals surface area contributed by atoms with Crippen LogP contribution in [0.4, 0.5) is 0 Å². The second kappa shape index (κ2) is 26.7. The lowest BCUT2D eigenvalue weighted by Gasteiger charge is -2.09. The van der Waals surface area contributed by atoms with E-state index in [2.05, 4.69) is 33.1 Å². The molecule has 0 amide bonds. The minimum Gasteiger partial charge on any atom is -0.355 e. The number of rotatable bonds is 12. The molecule has 0 spiro atoms. The van der Waals surface area contributed by atoms with Crippen LogP contribution in [0.3, 0.4) is 0 Å². The van der Waals surface area contributed by atoms with E-state index in [4.69, 9.17) is 0 Å². The molecule has 0 radical (unpaired) electrons. The molecule has 4 rings (SSSR count). The summed E-state index contributed by atoms with van der Waals surface area (Å²) in [5, 5.41) is 0. The number of H-pyrrole nitrogens is 4. The highest BCUT2D eigenvalue weighted by molar-refractivity contribution is 5.88. The third-order valence-electron chi connectivity index (χ3n) is 7.96. The first-order chi connectivity index (χ1) is 30.0. The van der Waals surface area contributed by atoms with Crippen molar-refractivity contribution >= 4 is 73.8 Å². The average molecular weight is 869 g/mol. The summed E-state index contributed by atoms with van der Waals surface area (Å²) in [6.45, 7) is 30.9. The minimum absolute atomic E-state index is 0.0193. The van der Waals surface area contributed by atoms with Crippen molar-refractivity contribution in [3.63, 3.8) is 0 Å². The van der Waals surface area contributed by atoms with Crippen LogP contribution in [-0.2, 0) is 0 Å². The van der Waals surface area contributed by atoms with Crippen LogP contribution in [0.5, 0.6) is 0 Å². The van der Waals surface area contributed by atoms with Gasteiger partial charge in [-0.15, -0.1) is 0 Å². The predicted octanol–water partition coefficient (Wildman–Crippen LogP) is 10.6. The molecule has 0 aliphatic rings. The van der Waals surface area contributed by atoms with E-state index in [0.29, 0.717) is 47.7 Å². The molecule has 0 aromatic carbocycles. The maximum absolute atomic E-state index is 12.4. The van der Waals surface area contributed by atoms with Crippen LogP contribution in [-0.4, -0.2) is 45.1 Å². The van der Waals surface area contributed by atoms with Gasteiger partial charge in [-0.3, -0.25) is 38.4 Å². The minimum atomic E-state index is -0.538. The van der Waals surface area contributed by atoms with E-state index in [1.54, 1.807) is 36.4 Å². The highest BCUT2D eigenvalue weighted by atomic mass is 16.1. The Bertz CT molecular complexity index is 2520. The monoisotopic (exact) mass is 868 g/mol. The van der Waals surface area contributed by atoms with Gasteiger partial charge in [0.2, 0.25) is 5.43 Å². The first-order valence-electron chi connectivity index (χ1n) is 20.1. The highest BCUT2D eigenvalue weighted by Crippen LogP contribution is 2.17. The van der Waals surface area contributed by atoms with Gasteiger partial charge in [-0.1, -0.05) is 58.7 Å². The fraction of sp³-hybridized carbons (Fsp3) is 0.231. The third-order valence-corrected chi connectivity index (χ3v) is 7.96. The van der Waals surface area contributed by atoms with Gasteiger partial charge in [0, 0.05) is 58.2 Å². The van der Waals surface area contributed by atoms with Gasteiger partial charge < -0.3 is 19.9 Å². The smallest absolute Gasteiger partial charge is 0.203 e. The van der Waals surface area contributed by atoms with Crippen LogP contribution in [0.1, 0.15) is 170 Å². The number of pyridine rings is 4. The maximum atomic E-state index is 12.4. The second-order valence-electron chi connectivity index (χ2n) is 15.9. The van der Waals surface area contributed by atoms with Crippen molar-refractivity contribution in [2.75, 3.05) is 0 Å². The van der Waals surface area contributed by atoms with Gasteiger partial charge in [-0.2, -0.15) is 0 Å². The Morgan fingerprint density at radius 2 is 0.609 bits per heavy atom. The number of hydrogen-bond donors (Lipinski definition) is 4. The van der Waals surface area contributed by atoms with Crippen LogP contribution in [0.2, 0.25) is 0 Å². The lowest BCUT2D eigenvalue weighted by Crippen LogP contribution is -2.19. The number of nitrogens with one attached hydrogen (secondary N) is 4. The van der Waals surface area contributed by atoms with E-state index >= 15 is 0 Å². The van der Waals surface area contributed by atoms with Crippen LogP contribution in [0.15, 0.2) is 90.0 Å². The highest BCUT2D eigenvalue weighted by Gasteiger charge is 2.14. The topological polar surface area (TPSA) is 200 Å². The first kappa shape index (κ1) is 54.4. The van der Waals surface area contributed by atoms with E-state index in [1.807, 2.05) is 107 Å². The van der Waals surface area contributed by atoms with E-state index in [0.717, 1.165) is 57.2 Å². The molecule has 64 heavy (non-hydrogen) atoms. The van der Waals surface area contributed by atoms with Crippen LogP contribution in [0.25, 0.3) is 48.6 Å². The molecule has 12 heteroatoms. The van der Waals surface area contributed by atoms with E-state index in [-0.39, 0.29) is 38.8 Å². The summed E-state index contributed by atoms with van der Waals surface area (Å²) >= 11 is 0. The van der Waals surface area contributed by atoms with Crippen molar-refractivity contribution in [3.05, 3.63) is 180 Å². The van der Waals surface area contributed by atoms with Gasteiger partial charge >= 0.3 is 0 Å². The van der Waals surface area contributed by atoms with E-state index in [1.165, 1.54) is 11.1 Å². The van der Waals surface area contributed by atoms with Crippen molar-refractivity contribution in [1.82, 2.24) is 19.9 Å². The molecular formula is C52H60N4O8. The Morgan fingerprint density at radius 1 is 0.359 bits per heavy atom. The zero-order chi connectivity index (χ0) is 48.8. The summed E-state index contributed by atoms with van der Waals surface area (Å²) in [5.74, 6) is 0. The van der Waals surface area contributed by atoms with Gasteiger partial charge in [0.05, 0.1) is 33.9 Å². The molecule has 0 fully saturated rings. The molecule has 4 heterocycles. The Kier molecular flexibility index (Phi) is 22.7. The van der Waals surface area contributed by atoms with Crippen molar-refractivity contribution in [2.45, 2.75) is 83.1 Å². The molecule has 4 aromatic heterocycles. The quantitative estimate of drug-likeness (QED) is 0.101. The molecule has 336 valence electrons. The van der Waals surface area contributed by atoms with Crippen molar-refractivity contribution < 1.29 is 19.2 Å². The Morgan fingerprint density at radius 3 is 0.859 bits per heavy atom. The number of carbonyl (C=O) groups is 4. The fourth-order valence-electron chi connectivity index (χ4n) is 5.67. The van der Waals surface area contributed by atoms with Gasteiger partial charge in [0.15, 0.2) is 41.4 Å². The standard InChI is InChI=1S/C17H21NO.C15H17NO3.C13H17NO.C7H5NO3/c1-7-13-15(9-11(3)4)18-16(10-12(5)6)14(8-2)17(13)19;1-9(2)5-13-11(7-17)15(19)12(8-18)14(16-13)6-10(3)4;1-9(2)5-11-7-13(15)8-12(14-11)6-10(3)4;9-3-5-1-7(11)2-6(4-10)8-5/h7-10H,1-2H2,3-6H3,(H,18,19);5-8H,1-4H3,(H,16,19);5-8H,1-4H3,(H,14,15);1-4H,(H,8,11). The molecule has 0 saturated heterocycles. The zero-order valence-electron chi connectivity index (χ0n) is 38.9. The van der Waals surface area contributed by atoms with Crippen molar-refractivity contribution in [1.29, 1.82) is 0 Å². The van der Waals surface area contributed by atoms with Crippen molar-refractivity contribution in [3.8, 4) is 0 Å². The van der Waals surface area contributed by atoms with Gasteiger partial charge in [-0.25, -0.2) is 0 Å². The largest absolute Gasteiger partial charge is 0.355 e. The van der Waals surface area contributed by atoms with Gasteiger partial charge in [0.1, 0.15) is 0 Å². The molecule has 0 bridgehead atoms. The summed E-state index contributed by atoms with van der Waals surface area (Å²) in [5.41, 5.74) is 11.1. The molecule has 0 aliphatic heterocycles. The number of aromatic nitrogens is 4. The molecule has 4 aromatic rings. The Labute approximate surface area is 374 Å². The number of carbonyl (C=O) groups excluding carboxylic acids is 4. The fourth-order valence-corrected chi connectivity index (χ4v) is 5.67. The zero-order valence-corrected chi connectivity index (χ0v) is 38.9. The second-order valence-corrected chi connectivity index (χ2v) is 15.9. The number of aromatic amines is 4. The lowest BCUT2D eigenvalue weighted by molar-refractivity contribution is 0.110. The summed E-state index contributed by atoms with van der Waals surface area (Å²) in [7, 11) is 0. The summed E-state index contributed by atoms with van der Waals surface area (Å²) in [4.78, 5) is 101. The number of hydrogen-bond acceptors (Lipinski definition) is 8. The van der Waals surface area contributed by atoms with Crippen LogP contribution in [0, 0.1) is 0 Å². The molecule has 4 N–H and O–H groups in total. The first-order valence-corrected chi connectivity index (χ1v) is 20.1. The number of allylic oxidation sites excluding steroid dienone is 6. The Balaban J connectivity index is 0.000000435. The van der Waals surface area contributed by atoms with Gasteiger partial charge in [0.25, 0.3) is 0 Å². The molecule has 0 unspecified atom stereocenters. The van der Waals surface area contributed by atoms with Crippen molar-refractivity contribution in [2.24, 2.45) is 0 Å². The third kappa shape index (κ3) is 18.2. The maximum Gasteiger partial charge on any atom is 0.203 e.